The van der Waals surface area contributed by atoms with Gasteiger partial charge in [0.1, 0.15) is 12.1 Å². The molecule has 0 spiro atoms. The molecule has 0 radical (unpaired) electrons. The summed E-state index contributed by atoms with van der Waals surface area (Å²) in [6.07, 6.45) is 2.10. The van der Waals surface area contributed by atoms with Gasteiger partial charge in [0.15, 0.2) is 0 Å². The van der Waals surface area contributed by atoms with E-state index in [9.17, 15) is 9.59 Å². The molecule has 5 nitrogen and oxygen atoms in total. The van der Waals surface area contributed by atoms with Gasteiger partial charge in [-0.3, -0.25) is 9.59 Å². The van der Waals surface area contributed by atoms with E-state index in [-0.39, 0.29) is 18.4 Å². The molecule has 0 aromatic heterocycles. The van der Waals surface area contributed by atoms with Crippen LogP contribution in [0.4, 0.5) is 0 Å². The average Bonchev–Trinajstić information content (AvgIpc) is 2.54. The summed E-state index contributed by atoms with van der Waals surface area (Å²) in [5.41, 5.74) is 1.15. The maximum atomic E-state index is 12.0. The Hall–Kier alpha value is -1.88. The SMILES string of the molecule is Cc1ccc(C(=O)NCC(=O)OC(C)(C)C2CC[NH2+]CC2)cc1. The first-order chi connectivity index (χ1) is 10.9. The molecule has 0 saturated carbocycles. The van der Waals surface area contributed by atoms with Crippen LogP contribution in [0.15, 0.2) is 24.3 Å². The molecular weight excluding hydrogens is 292 g/mol. The van der Waals surface area contributed by atoms with Crippen molar-refractivity contribution in [2.24, 2.45) is 5.92 Å². The number of rotatable bonds is 5. The van der Waals surface area contributed by atoms with E-state index in [4.69, 9.17) is 4.74 Å². The monoisotopic (exact) mass is 319 g/mol. The number of amides is 1. The molecule has 1 saturated heterocycles. The van der Waals surface area contributed by atoms with Crippen LogP contribution in [0.2, 0.25) is 0 Å². The minimum atomic E-state index is -0.486. The summed E-state index contributed by atoms with van der Waals surface area (Å²) in [5, 5.41) is 4.91. The van der Waals surface area contributed by atoms with E-state index < -0.39 is 5.60 Å². The van der Waals surface area contributed by atoms with Gasteiger partial charge in [0.05, 0.1) is 13.1 Å². The van der Waals surface area contributed by atoms with Crippen molar-refractivity contribution in [3.05, 3.63) is 35.4 Å². The molecule has 0 aliphatic carbocycles. The molecule has 3 N–H and O–H groups in total. The van der Waals surface area contributed by atoms with Crippen LogP contribution in [0, 0.1) is 12.8 Å². The van der Waals surface area contributed by atoms with Crippen molar-refractivity contribution in [2.75, 3.05) is 19.6 Å². The third-order valence-electron chi connectivity index (χ3n) is 4.51. The number of quaternary nitrogens is 1. The lowest BCUT2D eigenvalue weighted by Crippen LogP contribution is -2.86. The standard InChI is InChI=1S/C18H26N2O3/c1-13-4-6-14(7-5-13)17(22)20-12-16(21)23-18(2,3)15-8-10-19-11-9-15/h4-7,15,19H,8-12H2,1-3H3,(H,20,22)/p+1. The van der Waals surface area contributed by atoms with Gasteiger partial charge in [-0.1, -0.05) is 17.7 Å². The van der Waals surface area contributed by atoms with Crippen LogP contribution in [0.25, 0.3) is 0 Å². The van der Waals surface area contributed by atoms with E-state index in [1.165, 1.54) is 0 Å². The quantitative estimate of drug-likeness (QED) is 0.796. The molecule has 0 unspecified atom stereocenters. The van der Waals surface area contributed by atoms with Crippen LogP contribution in [0.3, 0.4) is 0 Å². The molecule has 1 aliphatic heterocycles. The van der Waals surface area contributed by atoms with Gasteiger partial charge in [0, 0.05) is 24.3 Å². The Morgan fingerprint density at radius 3 is 2.43 bits per heavy atom. The van der Waals surface area contributed by atoms with Crippen molar-refractivity contribution in [2.45, 2.75) is 39.2 Å². The second kappa shape index (κ2) is 7.59. The number of ether oxygens (including phenoxy) is 1. The fourth-order valence-electron chi connectivity index (χ4n) is 2.99. The zero-order valence-electron chi connectivity index (χ0n) is 14.2. The number of nitrogens with one attached hydrogen (secondary N) is 1. The Morgan fingerprint density at radius 2 is 1.83 bits per heavy atom. The lowest BCUT2D eigenvalue weighted by Gasteiger charge is -2.35. The number of hydrogen-bond donors (Lipinski definition) is 2. The van der Waals surface area contributed by atoms with E-state index in [0.717, 1.165) is 31.5 Å². The van der Waals surface area contributed by atoms with Crippen LogP contribution in [0.1, 0.15) is 42.6 Å². The molecule has 0 bridgehead atoms. The maximum absolute atomic E-state index is 12.0. The van der Waals surface area contributed by atoms with Crippen LogP contribution >= 0.6 is 0 Å². The molecule has 5 heteroatoms. The average molecular weight is 319 g/mol. The number of hydrogen-bond acceptors (Lipinski definition) is 3. The van der Waals surface area contributed by atoms with E-state index in [2.05, 4.69) is 10.6 Å². The van der Waals surface area contributed by atoms with E-state index in [1.54, 1.807) is 12.1 Å². The van der Waals surface area contributed by atoms with Gasteiger partial charge in [-0.05, 0) is 32.9 Å². The van der Waals surface area contributed by atoms with Crippen molar-refractivity contribution >= 4 is 11.9 Å². The summed E-state index contributed by atoms with van der Waals surface area (Å²) >= 11 is 0. The number of nitrogens with two attached hydrogens (primary N) is 1. The second-order valence-corrected chi connectivity index (χ2v) is 6.77. The molecular formula is C18H27N2O3+. The van der Waals surface area contributed by atoms with Crippen molar-refractivity contribution in [1.82, 2.24) is 5.32 Å². The summed E-state index contributed by atoms with van der Waals surface area (Å²) in [5.74, 6) is -0.263. The summed E-state index contributed by atoms with van der Waals surface area (Å²) in [4.78, 5) is 24.1. The smallest absolute Gasteiger partial charge is 0.325 e. The Balaban J connectivity index is 1.82. The second-order valence-electron chi connectivity index (χ2n) is 6.77. The minimum absolute atomic E-state index is 0.102. The van der Waals surface area contributed by atoms with Gasteiger partial charge in [-0.2, -0.15) is 0 Å². The molecule has 1 amide bonds. The Kier molecular flexibility index (Phi) is 5.77. The van der Waals surface area contributed by atoms with Crippen molar-refractivity contribution in [3.8, 4) is 0 Å². The van der Waals surface area contributed by atoms with Gasteiger partial charge in [0.2, 0.25) is 0 Å². The van der Waals surface area contributed by atoms with Gasteiger partial charge in [0.25, 0.3) is 5.91 Å². The van der Waals surface area contributed by atoms with Crippen LogP contribution in [-0.2, 0) is 9.53 Å². The fraction of sp³-hybridized carbons (Fsp3) is 0.556. The Bertz CT molecular complexity index is 546. The van der Waals surface area contributed by atoms with Crippen molar-refractivity contribution in [3.63, 3.8) is 0 Å². The predicted octanol–water partition coefficient (Wildman–Crippen LogP) is 1.02. The van der Waals surface area contributed by atoms with Crippen molar-refractivity contribution < 1.29 is 19.6 Å². The summed E-state index contributed by atoms with van der Waals surface area (Å²) < 4.78 is 5.62. The van der Waals surface area contributed by atoms with Gasteiger partial charge in [-0.15, -0.1) is 0 Å². The largest absolute Gasteiger partial charge is 0.458 e. The predicted molar refractivity (Wildman–Crippen MR) is 88.1 cm³/mol. The molecule has 23 heavy (non-hydrogen) atoms. The fourth-order valence-corrected chi connectivity index (χ4v) is 2.99. The first-order valence-electron chi connectivity index (χ1n) is 8.27. The number of carbonyl (C=O) groups excluding carboxylic acids is 2. The minimum Gasteiger partial charge on any atom is -0.458 e. The van der Waals surface area contributed by atoms with Crippen LogP contribution in [0.5, 0.6) is 0 Å². The zero-order chi connectivity index (χ0) is 16.9. The van der Waals surface area contributed by atoms with Gasteiger partial charge < -0.3 is 15.4 Å². The molecule has 0 atom stereocenters. The molecule has 1 fully saturated rings. The van der Waals surface area contributed by atoms with Gasteiger partial charge >= 0.3 is 5.97 Å². The molecule has 1 aromatic carbocycles. The lowest BCUT2D eigenvalue weighted by molar-refractivity contribution is -0.665. The van der Waals surface area contributed by atoms with Gasteiger partial charge in [-0.25, -0.2) is 0 Å². The first kappa shape index (κ1) is 17.5. The van der Waals surface area contributed by atoms with Crippen molar-refractivity contribution in [1.29, 1.82) is 0 Å². The number of benzene rings is 1. The van der Waals surface area contributed by atoms with E-state index in [0.29, 0.717) is 11.5 Å². The third kappa shape index (κ3) is 5.06. The third-order valence-corrected chi connectivity index (χ3v) is 4.51. The molecule has 126 valence electrons. The number of piperidine rings is 1. The zero-order valence-corrected chi connectivity index (χ0v) is 14.2. The highest BCUT2D eigenvalue weighted by Crippen LogP contribution is 2.27. The normalized spacial score (nSPS) is 16.0. The summed E-state index contributed by atoms with van der Waals surface area (Å²) in [6, 6.07) is 7.24. The Morgan fingerprint density at radius 1 is 1.22 bits per heavy atom. The highest BCUT2D eigenvalue weighted by atomic mass is 16.6. The summed E-state index contributed by atoms with van der Waals surface area (Å²) in [6.45, 7) is 7.94. The number of esters is 1. The number of aryl methyl sites for hydroxylation is 1. The first-order valence-corrected chi connectivity index (χ1v) is 8.27. The molecule has 2 rings (SSSR count). The Labute approximate surface area is 137 Å². The molecule has 1 aromatic rings. The highest BCUT2D eigenvalue weighted by Gasteiger charge is 2.35. The van der Waals surface area contributed by atoms with E-state index >= 15 is 0 Å². The lowest BCUT2D eigenvalue weighted by atomic mass is 9.83. The highest BCUT2D eigenvalue weighted by molar-refractivity contribution is 5.95. The molecule has 1 aliphatic rings. The maximum Gasteiger partial charge on any atom is 0.325 e. The molecule has 1 heterocycles. The summed E-state index contributed by atoms with van der Waals surface area (Å²) in [7, 11) is 0. The number of carbonyl (C=O) groups is 2. The topological polar surface area (TPSA) is 72.0 Å². The van der Waals surface area contributed by atoms with E-state index in [1.807, 2.05) is 32.9 Å². The van der Waals surface area contributed by atoms with Crippen LogP contribution < -0.4 is 10.6 Å². The van der Waals surface area contributed by atoms with Crippen LogP contribution in [-0.4, -0.2) is 37.1 Å².